The molecule has 0 aliphatic heterocycles. The third-order valence-corrected chi connectivity index (χ3v) is 2.94. The molecule has 0 unspecified atom stereocenters. The van der Waals surface area contributed by atoms with Gasteiger partial charge in [0, 0.05) is 11.1 Å². The first-order valence-corrected chi connectivity index (χ1v) is 5.87. The zero-order valence-corrected chi connectivity index (χ0v) is 10.2. The monoisotopic (exact) mass is 271 g/mol. The molecule has 100 valence electrons. The summed E-state index contributed by atoms with van der Waals surface area (Å²) < 4.78 is 13.2. The molecule has 0 atom stereocenters. The van der Waals surface area contributed by atoms with E-state index in [2.05, 4.69) is 9.97 Å². The fourth-order valence-corrected chi connectivity index (χ4v) is 1.99. The molecule has 1 heterocycles. The van der Waals surface area contributed by atoms with Crippen molar-refractivity contribution in [2.24, 2.45) is 0 Å². The Morgan fingerprint density at radius 2 is 2.10 bits per heavy atom. The lowest BCUT2D eigenvalue weighted by Gasteiger charge is -1.97. The third-order valence-electron chi connectivity index (χ3n) is 2.94. The number of fused-ring (bicyclic) bond motifs is 1. The molecule has 3 rings (SSSR count). The lowest BCUT2D eigenvalue weighted by atomic mass is 10.2. The summed E-state index contributed by atoms with van der Waals surface area (Å²) in [4.78, 5) is 18.7. The van der Waals surface area contributed by atoms with Crippen LogP contribution >= 0.6 is 0 Å². The van der Waals surface area contributed by atoms with Crippen LogP contribution in [0, 0.1) is 5.82 Å². The highest BCUT2D eigenvalue weighted by Crippen LogP contribution is 2.21. The second-order valence-corrected chi connectivity index (χ2v) is 4.27. The van der Waals surface area contributed by atoms with Gasteiger partial charge >= 0.3 is 0 Å². The highest BCUT2D eigenvalue weighted by atomic mass is 19.1. The highest BCUT2D eigenvalue weighted by molar-refractivity contribution is 5.97. The predicted molar refractivity (Wildman–Crippen MR) is 70.7 cm³/mol. The molecule has 0 saturated carbocycles. The average Bonchev–Trinajstić information content (AvgIpc) is 2.89. The minimum absolute atomic E-state index is 0.300. The molecule has 0 radical (unpaired) electrons. The molecular weight excluding hydrogens is 261 g/mol. The summed E-state index contributed by atoms with van der Waals surface area (Å²) in [5.41, 5.74) is 3.77. The van der Waals surface area contributed by atoms with E-state index in [4.69, 9.17) is 5.21 Å². The largest absolute Gasteiger partial charge is 0.338 e. The van der Waals surface area contributed by atoms with E-state index in [0.717, 1.165) is 0 Å². The first-order valence-electron chi connectivity index (χ1n) is 5.87. The Kier molecular flexibility index (Phi) is 2.92. The van der Waals surface area contributed by atoms with Gasteiger partial charge in [-0.05, 0) is 30.3 Å². The molecule has 1 aromatic heterocycles. The molecular formula is C14H10FN3O2. The molecule has 0 aliphatic rings. The Balaban J connectivity index is 2.09. The molecule has 0 bridgehead atoms. The number of carbonyl (C=O) groups excluding carboxylic acids is 1. The maximum absolute atomic E-state index is 13.2. The van der Waals surface area contributed by atoms with E-state index in [0.29, 0.717) is 28.0 Å². The average molecular weight is 271 g/mol. The van der Waals surface area contributed by atoms with Crippen LogP contribution in [-0.2, 0) is 0 Å². The minimum atomic E-state index is -0.603. The van der Waals surface area contributed by atoms with Crippen LogP contribution in [0.2, 0.25) is 0 Å². The SMILES string of the molecule is O=C(NO)c1ccc2nc(-c3cccc(F)c3)[nH]c2c1. The van der Waals surface area contributed by atoms with Crippen LogP contribution in [0.4, 0.5) is 4.39 Å². The summed E-state index contributed by atoms with van der Waals surface area (Å²) in [6, 6.07) is 10.8. The van der Waals surface area contributed by atoms with E-state index in [1.165, 1.54) is 12.1 Å². The number of carbonyl (C=O) groups is 1. The van der Waals surface area contributed by atoms with Crippen molar-refractivity contribution < 1.29 is 14.4 Å². The van der Waals surface area contributed by atoms with E-state index >= 15 is 0 Å². The molecule has 6 heteroatoms. The zero-order chi connectivity index (χ0) is 14.1. The fourth-order valence-electron chi connectivity index (χ4n) is 1.99. The van der Waals surface area contributed by atoms with Gasteiger partial charge < -0.3 is 4.98 Å². The molecule has 3 N–H and O–H groups in total. The smallest absolute Gasteiger partial charge is 0.274 e. The zero-order valence-electron chi connectivity index (χ0n) is 10.2. The number of nitrogens with one attached hydrogen (secondary N) is 2. The van der Waals surface area contributed by atoms with Crippen LogP contribution in [0.1, 0.15) is 10.4 Å². The van der Waals surface area contributed by atoms with Gasteiger partial charge in [-0.3, -0.25) is 10.0 Å². The Morgan fingerprint density at radius 1 is 1.25 bits per heavy atom. The van der Waals surface area contributed by atoms with Gasteiger partial charge in [0.1, 0.15) is 11.6 Å². The molecule has 0 aliphatic carbocycles. The number of imidazole rings is 1. The number of aromatic nitrogens is 2. The number of hydrogen-bond acceptors (Lipinski definition) is 3. The second kappa shape index (κ2) is 4.75. The van der Waals surface area contributed by atoms with Gasteiger partial charge in [-0.15, -0.1) is 0 Å². The number of hydrogen-bond donors (Lipinski definition) is 3. The number of amides is 1. The van der Waals surface area contributed by atoms with Crippen LogP contribution in [0.25, 0.3) is 22.4 Å². The molecule has 2 aromatic carbocycles. The summed E-state index contributed by atoms with van der Waals surface area (Å²) in [5.74, 6) is -0.432. The lowest BCUT2D eigenvalue weighted by molar-refractivity contribution is 0.0706. The van der Waals surface area contributed by atoms with Crippen molar-refractivity contribution in [3.05, 3.63) is 53.8 Å². The van der Waals surface area contributed by atoms with Crippen LogP contribution < -0.4 is 5.48 Å². The van der Waals surface area contributed by atoms with Gasteiger partial charge in [0.25, 0.3) is 5.91 Å². The molecule has 20 heavy (non-hydrogen) atoms. The number of halogens is 1. The van der Waals surface area contributed by atoms with Crippen molar-refractivity contribution in [1.82, 2.24) is 15.4 Å². The van der Waals surface area contributed by atoms with E-state index in [1.807, 2.05) is 0 Å². The van der Waals surface area contributed by atoms with Gasteiger partial charge in [0.05, 0.1) is 11.0 Å². The van der Waals surface area contributed by atoms with Crippen LogP contribution in [0.5, 0.6) is 0 Å². The molecule has 0 saturated heterocycles. The molecule has 0 spiro atoms. The maximum Gasteiger partial charge on any atom is 0.274 e. The van der Waals surface area contributed by atoms with Crippen molar-refractivity contribution >= 4 is 16.9 Å². The summed E-state index contributed by atoms with van der Waals surface area (Å²) in [6.07, 6.45) is 0. The molecule has 1 amide bonds. The van der Waals surface area contributed by atoms with Crippen LogP contribution in [0.3, 0.4) is 0 Å². The number of hydroxylamine groups is 1. The topological polar surface area (TPSA) is 78.0 Å². The van der Waals surface area contributed by atoms with Crippen molar-refractivity contribution in [2.45, 2.75) is 0 Å². The Morgan fingerprint density at radius 3 is 2.85 bits per heavy atom. The summed E-state index contributed by atoms with van der Waals surface area (Å²) in [5, 5.41) is 8.61. The molecule has 5 nitrogen and oxygen atoms in total. The van der Waals surface area contributed by atoms with Gasteiger partial charge in [0.15, 0.2) is 0 Å². The van der Waals surface area contributed by atoms with Crippen LogP contribution in [0.15, 0.2) is 42.5 Å². The lowest BCUT2D eigenvalue weighted by Crippen LogP contribution is -2.18. The van der Waals surface area contributed by atoms with E-state index < -0.39 is 5.91 Å². The fraction of sp³-hybridized carbons (Fsp3) is 0. The standard InChI is InChI=1S/C14H10FN3O2/c15-10-3-1-2-8(6-10)13-16-11-5-4-9(14(19)18-20)7-12(11)17-13/h1-7,20H,(H,16,17)(H,18,19). The number of aromatic amines is 1. The Bertz CT molecular complexity index is 798. The summed E-state index contributed by atoms with van der Waals surface area (Å²) >= 11 is 0. The maximum atomic E-state index is 13.2. The van der Waals surface area contributed by atoms with Crippen molar-refractivity contribution in [1.29, 1.82) is 0 Å². The third kappa shape index (κ3) is 2.12. The minimum Gasteiger partial charge on any atom is -0.338 e. The van der Waals surface area contributed by atoms with Gasteiger partial charge in [-0.1, -0.05) is 12.1 Å². The van der Waals surface area contributed by atoms with Gasteiger partial charge in [0.2, 0.25) is 0 Å². The number of nitrogens with zero attached hydrogens (tertiary/aromatic N) is 1. The molecule has 3 aromatic rings. The van der Waals surface area contributed by atoms with E-state index in [1.54, 1.807) is 35.8 Å². The normalized spacial score (nSPS) is 10.7. The van der Waals surface area contributed by atoms with Gasteiger partial charge in [-0.2, -0.15) is 0 Å². The van der Waals surface area contributed by atoms with E-state index in [-0.39, 0.29) is 5.82 Å². The van der Waals surface area contributed by atoms with Crippen molar-refractivity contribution in [2.75, 3.05) is 0 Å². The number of benzene rings is 2. The quantitative estimate of drug-likeness (QED) is 0.495. The first kappa shape index (κ1) is 12.3. The summed E-state index contributed by atoms with van der Waals surface area (Å²) in [6.45, 7) is 0. The summed E-state index contributed by atoms with van der Waals surface area (Å²) in [7, 11) is 0. The van der Waals surface area contributed by atoms with Crippen molar-refractivity contribution in [3.63, 3.8) is 0 Å². The molecule has 0 fully saturated rings. The van der Waals surface area contributed by atoms with E-state index in [9.17, 15) is 9.18 Å². The predicted octanol–water partition coefficient (Wildman–Crippen LogP) is 2.49. The number of H-pyrrole nitrogens is 1. The van der Waals surface area contributed by atoms with Crippen LogP contribution in [-0.4, -0.2) is 21.1 Å². The highest BCUT2D eigenvalue weighted by Gasteiger charge is 2.09. The Labute approximate surface area is 113 Å². The first-order chi connectivity index (χ1) is 9.67. The van der Waals surface area contributed by atoms with Crippen molar-refractivity contribution in [3.8, 4) is 11.4 Å². The number of rotatable bonds is 2. The second-order valence-electron chi connectivity index (χ2n) is 4.27. The van der Waals surface area contributed by atoms with Gasteiger partial charge in [-0.25, -0.2) is 14.9 Å². The Hall–Kier alpha value is -2.73.